The van der Waals surface area contributed by atoms with Crippen LogP contribution in [0.4, 0.5) is 0 Å². The zero-order chi connectivity index (χ0) is 22.9. The van der Waals surface area contributed by atoms with Gasteiger partial charge in [0.05, 0.1) is 6.61 Å². The van der Waals surface area contributed by atoms with Crippen molar-refractivity contribution in [2.24, 2.45) is 0 Å². The summed E-state index contributed by atoms with van der Waals surface area (Å²) in [4.78, 5) is 24.4. The number of ether oxygens (including phenoxy) is 2. The minimum atomic E-state index is -0.461. The highest BCUT2D eigenvalue weighted by Gasteiger charge is 2.09. The minimum Gasteiger partial charge on any atom is -0.493 e. The predicted octanol–water partition coefficient (Wildman–Crippen LogP) is 4.30. The molecule has 166 valence electrons. The van der Waals surface area contributed by atoms with E-state index in [1.807, 2.05) is 54.6 Å². The number of benzene rings is 4. The molecule has 0 radical (unpaired) electrons. The first-order chi connectivity index (χ1) is 16.2. The summed E-state index contributed by atoms with van der Waals surface area (Å²) in [5, 5.41) is 1.94. The molecule has 33 heavy (non-hydrogen) atoms. The number of hydrogen-bond acceptors (Lipinski definition) is 4. The Bertz CT molecular complexity index is 1220. The zero-order valence-corrected chi connectivity index (χ0v) is 18.0. The van der Waals surface area contributed by atoms with Crippen LogP contribution in [-0.4, -0.2) is 25.0 Å². The summed E-state index contributed by atoms with van der Waals surface area (Å²) in [5.74, 6) is 0.397. The summed E-state index contributed by atoms with van der Waals surface area (Å²) in [5.41, 5.74) is 6.37. The average Bonchev–Trinajstić information content (AvgIpc) is 2.87. The molecule has 4 rings (SSSR count). The zero-order valence-electron chi connectivity index (χ0n) is 18.0. The molecule has 2 N–H and O–H groups in total. The van der Waals surface area contributed by atoms with Gasteiger partial charge in [0.15, 0.2) is 6.61 Å². The van der Waals surface area contributed by atoms with Crippen LogP contribution >= 0.6 is 0 Å². The SMILES string of the molecule is O=C(COc1cccc2ccccc12)NNC(=O)c1ccc(OCCc2ccccc2)cc1. The van der Waals surface area contributed by atoms with Crippen LogP contribution in [0.25, 0.3) is 10.8 Å². The van der Waals surface area contributed by atoms with Crippen molar-refractivity contribution < 1.29 is 19.1 Å². The first-order valence-corrected chi connectivity index (χ1v) is 10.7. The molecule has 0 aromatic heterocycles. The molecular weight excluding hydrogens is 416 g/mol. The summed E-state index contributed by atoms with van der Waals surface area (Å²) in [7, 11) is 0. The standard InChI is InChI=1S/C27H24N2O4/c30-26(19-33-25-12-6-10-21-9-4-5-11-24(21)25)28-29-27(31)22-13-15-23(16-14-22)32-18-17-20-7-2-1-3-8-20/h1-16H,17-19H2,(H,28,30)(H,29,31). The topological polar surface area (TPSA) is 76.7 Å². The van der Waals surface area contributed by atoms with Gasteiger partial charge < -0.3 is 9.47 Å². The van der Waals surface area contributed by atoms with E-state index >= 15 is 0 Å². The molecule has 0 aliphatic carbocycles. The Morgan fingerprint density at radius 3 is 2.24 bits per heavy atom. The molecule has 0 unspecified atom stereocenters. The average molecular weight is 440 g/mol. The molecule has 2 amide bonds. The molecule has 6 nitrogen and oxygen atoms in total. The fraction of sp³-hybridized carbons (Fsp3) is 0.111. The van der Waals surface area contributed by atoms with Crippen molar-refractivity contribution in [3.05, 3.63) is 108 Å². The molecule has 4 aromatic carbocycles. The van der Waals surface area contributed by atoms with Crippen molar-refractivity contribution in [3.63, 3.8) is 0 Å². The van der Waals surface area contributed by atoms with E-state index in [1.54, 1.807) is 30.3 Å². The van der Waals surface area contributed by atoms with Gasteiger partial charge in [-0.25, -0.2) is 0 Å². The molecule has 0 saturated carbocycles. The predicted molar refractivity (Wildman–Crippen MR) is 127 cm³/mol. The summed E-state index contributed by atoms with van der Waals surface area (Å²) in [6.07, 6.45) is 0.802. The summed E-state index contributed by atoms with van der Waals surface area (Å²) in [6.45, 7) is 0.324. The lowest BCUT2D eigenvalue weighted by Crippen LogP contribution is -2.43. The molecule has 4 aromatic rings. The van der Waals surface area contributed by atoms with E-state index in [0.717, 1.165) is 17.2 Å². The largest absolute Gasteiger partial charge is 0.493 e. The molecule has 0 bridgehead atoms. The first-order valence-electron chi connectivity index (χ1n) is 10.7. The van der Waals surface area contributed by atoms with Gasteiger partial charge in [-0.15, -0.1) is 0 Å². The summed E-state index contributed by atoms with van der Waals surface area (Å²) < 4.78 is 11.4. The maximum Gasteiger partial charge on any atom is 0.276 e. The molecule has 0 spiro atoms. The van der Waals surface area contributed by atoms with Crippen molar-refractivity contribution in [2.75, 3.05) is 13.2 Å². The summed E-state index contributed by atoms with van der Waals surface area (Å²) >= 11 is 0. The number of rotatable bonds is 8. The third-order valence-corrected chi connectivity index (χ3v) is 5.04. The highest BCUT2D eigenvalue weighted by Crippen LogP contribution is 2.24. The van der Waals surface area contributed by atoms with Gasteiger partial charge >= 0.3 is 0 Å². The number of carbonyl (C=O) groups is 2. The highest BCUT2D eigenvalue weighted by molar-refractivity contribution is 5.95. The van der Waals surface area contributed by atoms with Crippen LogP contribution in [0.1, 0.15) is 15.9 Å². The Morgan fingerprint density at radius 2 is 1.42 bits per heavy atom. The van der Waals surface area contributed by atoms with Crippen molar-refractivity contribution >= 4 is 22.6 Å². The molecule has 0 aliphatic heterocycles. The highest BCUT2D eigenvalue weighted by atomic mass is 16.5. The molecular formula is C27H24N2O4. The molecule has 0 saturated heterocycles. The van der Waals surface area contributed by atoms with Gasteiger partial charge in [0, 0.05) is 17.4 Å². The van der Waals surface area contributed by atoms with Crippen molar-refractivity contribution in [1.82, 2.24) is 10.9 Å². The van der Waals surface area contributed by atoms with Crippen LogP contribution in [0.3, 0.4) is 0 Å². The van der Waals surface area contributed by atoms with Gasteiger partial charge in [-0.3, -0.25) is 20.4 Å². The van der Waals surface area contributed by atoms with Crippen LogP contribution < -0.4 is 20.3 Å². The van der Waals surface area contributed by atoms with E-state index in [4.69, 9.17) is 9.47 Å². The maximum atomic E-state index is 12.3. The number of hydrazine groups is 1. The maximum absolute atomic E-state index is 12.3. The lowest BCUT2D eigenvalue weighted by molar-refractivity contribution is -0.123. The number of fused-ring (bicyclic) bond motifs is 1. The second kappa shape index (κ2) is 10.8. The van der Waals surface area contributed by atoms with Crippen molar-refractivity contribution in [3.8, 4) is 11.5 Å². The van der Waals surface area contributed by atoms with Gasteiger partial charge in [-0.1, -0.05) is 66.7 Å². The fourth-order valence-corrected chi connectivity index (χ4v) is 3.33. The van der Waals surface area contributed by atoms with Crippen LogP contribution in [-0.2, 0) is 11.2 Å². The van der Waals surface area contributed by atoms with Crippen molar-refractivity contribution in [2.45, 2.75) is 6.42 Å². The van der Waals surface area contributed by atoms with Gasteiger partial charge in [0.25, 0.3) is 11.8 Å². The van der Waals surface area contributed by atoms with Gasteiger partial charge in [-0.2, -0.15) is 0 Å². The van der Waals surface area contributed by atoms with Crippen LogP contribution in [0.2, 0.25) is 0 Å². The molecule has 0 atom stereocenters. The minimum absolute atomic E-state index is 0.220. The smallest absolute Gasteiger partial charge is 0.276 e. The fourth-order valence-electron chi connectivity index (χ4n) is 3.33. The normalized spacial score (nSPS) is 10.4. The first kappa shape index (κ1) is 21.9. The Kier molecular flexibility index (Phi) is 7.18. The second-order valence-electron chi connectivity index (χ2n) is 7.38. The van der Waals surface area contributed by atoms with Gasteiger partial charge in [-0.05, 0) is 41.3 Å². The third kappa shape index (κ3) is 6.11. The lowest BCUT2D eigenvalue weighted by atomic mass is 10.1. The van der Waals surface area contributed by atoms with Crippen LogP contribution in [0, 0.1) is 0 Å². The van der Waals surface area contributed by atoms with E-state index in [1.165, 1.54) is 5.56 Å². The van der Waals surface area contributed by atoms with E-state index in [-0.39, 0.29) is 6.61 Å². The third-order valence-electron chi connectivity index (χ3n) is 5.04. The van der Waals surface area contributed by atoms with E-state index in [9.17, 15) is 9.59 Å². The number of nitrogens with one attached hydrogen (secondary N) is 2. The quantitative estimate of drug-likeness (QED) is 0.401. The van der Waals surface area contributed by atoms with Gasteiger partial charge in [0.2, 0.25) is 0 Å². The summed E-state index contributed by atoms with van der Waals surface area (Å²) in [6, 6.07) is 30.2. The Labute approximate surface area is 192 Å². The van der Waals surface area contributed by atoms with Crippen LogP contribution in [0.5, 0.6) is 11.5 Å². The van der Waals surface area contributed by atoms with Crippen molar-refractivity contribution in [1.29, 1.82) is 0 Å². The lowest BCUT2D eigenvalue weighted by Gasteiger charge is -2.11. The number of hydrogen-bond donors (Lipinski definition) is 2. The van der Waals surface area contributed by atoms with E-state index in [2.05, 4.69) is 23.0 Å². The Balaban J connectivity index is 1.21. The van der Waals surface area contributed by atoms with Gasteiger partial charge in [0.1, 0.15) is 11.5 Å². The second-order valence-corrected chi connectivity index (χ2v) is 7.38. The van der Waals surface area contributed by atoms with Crippen LogP contribution in [0.15, 0.2) is 97.1 Å². The monoisotopic (exact) mass is 440 g/mol. The van der Waals surface area contributed by atoms with E-state index in [0.29, 0.717) is 23.7 Å². The number of amides is 2. The molecule has 6 heteroatoms. The molecule has 0 aliphatic rings. The molecule has 0 fully saturated rings. The Morgan fingerprint density at radius 1 is 0.697 bits per heavy atom. The Hall–Kier alpha value is -4.32. The number of carbonyl (C=O) groups excluding carboxylic acids is 2. The van der Waals surface area contributed by atoms with E-state index < -0.39 is 11.8 Å². The molecule has 0 heterocycles.